The van der Waals surface area contributed by atoms with E-state index in [1.54, 1.807) is 7.11 Å². The molecule has 0 saturated carbocycles. The molecule has 18 heavy (non-hydrogen) atoms. The van der Waals surface area contributed by atoms with Crippen LogP contribution in [0.15, 0.2) is 11.3 Å². The van der Waals surface area contributed by atoms with E-state index in [0.29, 0.717) is 18.7 Å². The maximum atomic E-state index is 10.7. The quantitative estimate of drug-likeness (QED) is 0.390. The Labute approximate surface area is 112 Å². The van der Waals surface area contributed by atoms with Crippen molar-refractivity contribution in [1.82, 2.24) is 4.72 Å². The van der Waals surface area contributed by atoms with Crippen molar-refractivity contribution in [1.29, 1.82) is 0 Å². The zero-order valence-corrected chi connectivity index (χ0v) is 11.4. The van der Waals surface area contributed by atoms with Gasteiger partial charge in [-0.05, 0) is 0 Å². The Kier molecular flexibility index (Phi) is 6.60. The fourth-order valence-electron chi connectivity index (χ4n) is 2.43. The van der Waals surface area contributed by atoms with Gasteiger partial charge in [-0.1, -0.05) is 0 Å². The summed E-state index contributed by atoms with van der Waals surface area (Å²) in [5.41, 5.74) is 7.31. The van der Waals surface area contributed by atoms with Crippen molar-refractivity contribution >= 4 is 24.3 Å². The average molecular weight is 270 g/mol. The van der Waals surface area contributed by atoms with E-state index in [-0.39, 0.29) is 11.5 Å². The van der Waals surface area contributed by atoms with Crippen LogP contribution in [0.5, 0.6) is 0 Å². The van der Waals surface area contributed by atoms with Crippen LogP contribution in [0.25, 0.3) is 0 Å². The molecule has 0 amide bonds. The standard InChI is InChI=1S/C11H20BN2O3S/c1-17-7-3-5-8-4-2-6-9(14-18(15)16)10(8)11(12)13/h8,14H,2-7,13H2,1H3,(H,15,16)/p-1. The van der Waals surface area contributed by atoms with Gasteiger partial charge in [-0.15, -0.1) is 0 Å². The first-order valence-corrected chi connectivity index (χ1v) is 7.10. The van der Waals surface area contributed by atoms with Crippen molar-refractivity contribution in [2.75, 3.05) is 13.7 Å². The second kappa shape index (κ2) is 7.71. The fourth-order valence-corrected chi connectivity index (χ4v) is 2.84. The molecule has 0 heterocycles. The molecule has 0 bridgehead atoms. The van der Waals surface area contributed by atoms with Crippen LogP contribution < -0.4 is 10.5 Å². The molecule has 1 aliphatic carbocycles. The third-order valence-corrected chi connectivity index (χ3v) is 3.54. The Morgan fingerprint density at radius 3 is 3.00 bits per heavy atom. The van der Waals surface area contributed by atoms with Crippen molar-refractivity contribution in [3.63, 3.8) is 0 Å². The van der Waals surface area contributed by atoms with E-state index in [0.717, 1.165) is 31.3 Å². The second-order valence-electron chi connectivity index (χ2n) is 4.41. The van der Waals surface area contributed by atoms with Crippen LogP contribution >= 0.6 is 0 Å². The van der Waals surface area contributed by atoms with Crippen molar-refractivity contribution in [3.05, 3.63) is 11.3 Å². The molecule has 0 spiro atoms. The van der Waals surface area contributed by atoms with Crippen LogP contribution in [0, 0.1) is 5.92 Å². The van der Waals surface area contributed by atoms with E-state index in [1.807, 2.05) is 0 Å². The molecule has 0 saturated heterocycles. The number of hydrogen-bond acceptors (Lipinski definition) is 4. The normalized spacial score (nSPS) is 21.7. The first-order valence-electron chi connectivity index (χ1n) is 6.02. The van der Waals surface area contributed by atoms with Crippen LogP contribution in [0.4, 0.5) is 0 Å². The Morgan fingerprint density at radius 2 is 2.44 bits per heavy atom. The Morgan fingerprint density at radius 1 is 1.72 bits per heavy atom. The summed E-state index contributed by atoms with van der Waals surface area (Å²) in [4.78, 5) is 0. The van der Waals surface area contributed by atoms with Gasteiger partial charge >= 0.3 is 111 Å². The summed E-state index contributed by atoms with van der Waals surface area (Å²) in [5, 5.41) is 0. The number of ether oxygens (including phenoxy) is 1. The number of rotatable bonds is 7. The van der Waals surface area contributed by atoms with E-state index in [2.05, 4.69) is 4.72 Å². The summed E-state index contributed by atoms with van der Waals surface area (Å²) >= 11 is -2.33. The molecule has 101 valence electrons. The van der Waals surface area contributed by atoms with Crippen molar-refractivity contribution in [2.24, 2.45) is 11.7 Å². The van der Waals surface area contributed by atoms with Crippen molar-refractivity contribution in [3.8, 4) is 0 Å². The van der Waals surface area contributed by atoms with Crippen LogP contribution in [0.1, 0.15) is 32.1 Å². The molecule has 0 fully saturated rings. The van der Waals surface area contributed by atoms with Gasteiger partial charge < -0.3 is 0 Å². The van der Waals surface area contributed by atoms with Crippen LogP contribution in [-0.2, 0) is 16.0 Å². The van der Waals surface area contributed by atoms with Crippen molar-refractivity contribution < 1.29 is 13.5 Å². The number of nitrogens with one attached hydrogen (secondary N) is 1. The maximum absolute atomic E-state index is 10.7. The Hall–Kier alpha value is -0.655. The van der Waals surface area contributed by atoms with Gasteiger partial charge in [0.05, 0.1) is 0 Å². The summed E-state index contributed by atoms with van der Waals surface area (Å²) in [6.07, 6.45) is 4.40. The summed E-state index contributed by atoms with van der Waals surface area (Å²) < 4.78 is 28.9. The SMILES string of the molecule is [B]=C(N)C1=C(NS(=O)[O-])CCCC1CCCOC. The summed E-state index contributed by atoms with van der Waals surface area (Å²) in [5.74, 6) is 0.213. The number of nitrogens with two attached hydrogens (primary N) is 1. The van der Waals surface area contributed by atoms with E-state index in [4.69, 9.17) is 18.0 Å². The van der Waals surface area contributed by atoms with Crippen LogP contribution in [0.3, 0.4) is 0 Å². The summed E-state index contributed by atoms with van der Waals surface area (Å²) in [6.45, 7) is 0.685. The molecule has 1 rings (SSSR count). The molecule has 2 atom stereocenters. The van der Waals surface area contributed by atoms with Gasteiger partial charge in [-0.3, -0.25) is 0 Å². The van der Waals surface area contributed by atoms with Gasteiger partial charge in [-0.2, -0.15) is 0 Å². The molecule has 0 aliphatic heterocycles. The van der Waals surface area contributed by atoms with Gasteiger partial charge in [0.2, 0.25) is 0 Å². The van der Waals surface area contributed by atoms with Gasteiger partial charge in [0, 0.05) is 0 Å². The average Bonchev–Trinajstić information content (AvgIpc) is 2.28. The zero-order chi connectivity index (χ0) is 13.5. The third kappa shape index (κ3) is 4.55. The Bertz CT molecular complexity index is 360. The summed E-state index contributed by atoms with van der Waals surface area (Å²) in [6, 6.07) is 0. The predicted octanol–water partition coefficient (Wildman–Crippen LogP) is 0.108. The van der Waals surface area contributed by atoms with E-state index >= 15 is 0 Å². The molecule has 5 nitrogen and oxygen atoms in total. The fraction of sp³-hybridized carbons (Fsp3) is 0.727. The number of hydrogen-bond donors (Lipinski definition) is 2. The molecular weight excluding hydrogens is 251 g/mol. The molecule has 7 heteroatoms. The molecule has 1 aliphatic rings. The van der Waals surface area contributed by atoms with Crippen molar-refractivity contribution in [2.45, 2.75) is 32.1 Å². The topological polar surface area (TPSA) is 87.4 Å². The number of methoxy groups -OCH3 is 1. The molecular formula is C11H19BN2O3S-. The molecule has 2 unspecified atom stereocenters. The molecule has 0 aromatic rings. The molecule has 0 aromatic carbocycles. The molecule has 3 N–H and O–H groups in total. The minimum absolute atomic E-state index is 0.213. The minimum atomic E-state index is -2.33. The third-order valence-electron chi connectivity index (χ3n) is 3.13. The molecule has 1 radical (unpaired) electrons. The number of allylic oxidation sites excluding steroid dienone is 1. The molecule has 0 aromatic heterocycles. The van der Waals surface area contributed by atoms with Gasteiger partial charge in [0.1, 0.15) is 0 Å². The van der Waals surface area contributed by atoms with E-state index in [1.165, 1.54) is 0 Å². The van der Waals surface area contributed by atoms with Gasteiger partial charge in [-0.25, -0.2) is 0 Å². The zero-order valence-electron chi connectivity index (χ0n) is 10.6. The van der Waals surface area contributed by atoms with E-state index < -0.39 is 11.3 Å². The summed E-state index contributed by atoms with van der Waals surface area (Å²) in [7, 11) is 7.35. The first-order chi connectivity index (χ1) is 8.56. The predicted molar refractivity (Wildman–Crippen MR) is 72.5 cm³/mol. The Balaban J connectivity index is 2.81. The first kappa shape index (κ1) is 15.4. The van der Waals surface area contributed by atoms with E-state index in [9.17, 15) is 8.76 Å². The van der Waals surface area contributed by atoms with Crippen LogP contribution in [-0.4, -0.2) is 35.6 Å². The monoisotopic (exact) mass is 270 g/mol. The van der Waals surface area contributed by atoms with Gasteiger partial charge in [0.15, 0.2) is 0 Å². The van der Waals surface area contributed by atoms with Gasteiger partial charge in [0.25, 0.3) is 0 Å². The second-order valence-corrected chi connectivity index (χ2v) is 5.08. The van der Waals surface area contributed by atoms with Crippen LogP contribution in [0.2, 0.25) is 0 Å².